The van der Waals surface area contributed by atoms with Gasteiger partial charge in [-0.3, -0.25) is 9.59 Å². The Labute approximate surface area is 101 Å². The maximum atomic E-state index is 11.6. The molecule has 2 aliphatic rings. The van der Waals surface area contributed by atoms with Gasteiger partial charge in [0.05, 0.1) is 12.5 Å². The molecule has 96 valence electrons. The summed E-state index contributed by atoms with van der Waals surface area (Å²) in [6.45, 7) is 1.17. The van der Waals surface area contributed by atoms with E-state index in [0.29, 0.717) is 19.3 Å². The fourth-order valence-electron chi connectivity index (χ4n) is 2.25. The third kappa shape index (κ3) is 3.70. The molecule has 1 amide bonds. The first-order valence-electron chi connectivity index (χ1n) is 6.26. The highest BCUT2D eigenvalue weighted by Crippen LogP contribution is 2.26. The van der Waals surface area contributed by atoms with Crippen molar-refractivity contribution in [2.75, 3.05) is 13.2 Å². The standard InChI is InChI=1S/C12H19NO4/c14-11(13-9-3-4-9)6-10(12(15)16)8-2-1-5-17-7-8/h8-10H,1-7H2,(H,13,14)(H,15,16). The Morgan fingerprint density at radius 1 is 1.35 bits per heavy atom. The summed E-state index contributed by atoms with van der Waals surface area (Å²) in [6.07, 6.45) is 3.86. The number of aliphatic carboxylic acids is 1. The van der Waals surface area contributed by atoms with Crippen LogP contribution in [-0.4, -0.2) is 36.2 Å². The molecule has 1 saturated carbocycles. The highest BCUT2D eigenvalue weighted by molar-refractivity contribution is 5.82. The highest BCUT2D eigenvalue weighted by atomic mass is 16.5. The van der Waals surface area contributed by atoms with Crippen LogP contribution < -0.4 is 5.32 Å². The summed E-state index contributed by atoms with van der Waals surface area (Å²) in [4.78, 5) is 22.8. The molecule has 0 aromatic carbocycles. The molecule has 0 spiro atoms. The van der Waals surface area contributed by atoms with Crippen LogP contribution >= 0.6 is 0 Å². The lowest BCUT2D eigenvalue weighted by Gasteiger charge is -2.27. The monoisotopic (exact) mass is 241 g/mol. The molecule has 0 aromatic heterocycles. The Balaban J connectivity index is 1.86. The molecule has 1 aliphatic carbocycles. The van der Waals surface area contributed by atoms with Crippen molar-refractivity contribution in [3.8, 4) is 0 Å². The summed E-state index contributed by atoms with van der Waals surface area (Å²) in [5.41, 5.74) is 0. The van der Waals surface area contributed by atoms with Crippen LogP contribution in [0.1, 0.15) is 32.1 Å². The second-order valence-corrected chi connectivity index (χ2v) is 4.97. The smallest absolute Gasteiger partial charge is 0.307 e. The fraction of sp³-hybridized carbons (Fsp3) is 0.833. The average Bonchev–Trinajstić information content (AvgIpc) is 3.10. The molecule has 17 heavy (non-hydrogen) atoms. The van der Waals surface area contributed by atoms with Gasteiger partial charge in [0.1, 0.15) is 0 Å². The molecule has 2 N–H and O–H groups in total. The second-order valence-electron chi connectivity index (χ2n) is 4.97. The Morgan fingerprint density at radius 2 is 2.12 bits per heavy atom. The molecule has 5 heteroatoms. The SMILES string of the molecule is O=C(CC(C(=O)O)C1CCCOC1)NC1CC1. The number of hydrogen-bond donors (Lipinski definition) is 2. The van der Waals surface area contributed by atoms with Gasteiger partial charge >= 0.3 is 5.97 Å². The number of carboxylic acid groups (broad SMARTS) is 1. The minimum atomic E-state index is -0.883. The molecule has 2 fully saturated rings. The lowest BCUT2D eigenvalue weighted by molar-refractivity contribution is -0.148. The van der Waals surface area contributed by atoms with E-state index < -0.39 is 11.9 Å². The molecular formula is C12H19NO4. The lowest BCUT2D eigenvalue weighted by Crippen LogP contribution is -2.36. The van der Waals surface area contributed by atoms with Crippen LogP contribution in [0.4, 0.5) is 0 Å². The zero-order valence-corrected chi connectivity index (χ0v) is 9.85. The van der Waals surface area contributed by atoms with Crippen molar-refractivity contribution in [1.29, 1.82) is 0 Å². The van der Waals surface area contributed by atoms with Crippen LogP contribution in [0.15, 0.2) is 0 Å². The van der Waals surface area contributed by atoms with Gasteiger partial charge in [0.15, 0.2) is 0 Å². The van der Waals surface area contributed by atoms with Gasteiger partial charge in [-0.1, -0.05) is 0 Å². The molecule has 0 aromatic rings. The third-order valence-corrected chi connectivity index (χ3v) is 3.43. The zero-order chi connectivity index (χ0) is 12.3. The van der Waals surface area contributed by atoms with Gasteiger partial charge in [-0.25, -0.2) is 0 Å². The van der Waals surface area contributed by atoms with Gasteiger partial charge in [0, 0.05) is 19.1 Å². The number of amides is 1. The minimum absolute atomic E-state index is 0.0220. The number of carbonyl (C=O) groups is 2. The van der Waals surface area contributed by atoms with Crippen molar-refractivity contribution in [3.63, 3.8) is 0 Å². The van der Waals surface area contributed by atoms with Crippen molar-refractivity contribution in [2.24, 2.45) is 11.8 Å². The van der Waals surface area contributed by atoms with E-state index in [1.54, 1.807) is 0 Å². The van der Waals surface area contributed by atoms with Crippen LogP contribution in [0.25, 0.3) is 0 Å². The van der Waals surface area contributed by atoms with E-state index in [0.717, 1.165) is 25.7 Å². The van der Waals surface area contributed by atoms with E-state index in [4.69, 9.17) is 4.74 Å². The predicted molar refractivity (Wildman–Crippen MR) is 60.5 cm³/mol. The van der Waals surface area contributed by atoms with Crippen LogP contribution in [0.5, 0.6) is 0 Å². The average molecular weight is 241 g/mol. The maximum Gasteiger partial charge on any atom is 0.307 e. The summed E-state index contributed by atoms with van der Waals surface area (Å²) in [6, 6.07) is 0.291. The van der Waals surface area contributed by atoms with Crippen LogP contribution in [0.2, 0.25) is 0 Å². The van der Waals surface area contributed by atoms with Crippen LogP contribution in [-0.2, 0) is 14.3 Å². The topological polar surface area (TPSA) is 75.6 Å². The third-order valence-electron chi connectivity index (χ3n) is 3.43. The lowest BCUT2D eigenvalue weighted by atomic mass is 9.85. The molecule has 1 aliphatic heterocycles. The number of hydrogen-bond acceptors (Lipinski definition) is 3. The first-order valence-corrected chi connectivity index (χ1v) is 6.26. The molecule has 2 atom stereocenters. The highest BCUT2D eigenvalue weighted by Gasteiger charge is 2.33. The van der Waals surface area contributed by atoms with Gasteiger partial charge in [-0.2, -0.15) is 0 Å². The van der Waals surface area contributed by atoms with Crippen molar-refractivity contribution in [2.45, 2.75) is 38.1 Å². The van der Waals surface area contributed by atoms with E-state index in [1.165, 1.54) is 0 Å². The Bertz CT molecular complexity index is 295. The predicted octanol–water partition coefficient (Wildman–Crippen LogP) is 0.782. The molecule has 5 nitrogen and oxygen atoms in total. The second kappa shape index (κ2) is 5.49. The number of carboxylic acids is 1. The Kier molecular flexibility index (Phi) is 3.99. The summed E-state index contributed by atoms with van der Waals surface area (Å²) < 4.78 is 5.29. The van der Waals surface area contributed by atoms with E-state index >= 15 is 0 Å². The van der Waals surface area contributed by atoms with Gasteiger partial charge in [-0.15, -0.1) is 0 Å². The van der Waals surface area contributed by atoms with Crippen molar-refractivity contribution in [1.82, 2.24) is 5.32 Å². The molecule has 1 saturated heterocycles. The van der Waals surface area contributed by atoms with Crippen molar-refractivity contribution < 1.29 is 19.4 Å². The fourth-order valence-corrected chi connectivity index (χ4v) is 2.25. The normalized spacial score (nSPS) is 26.2. The molecule has 1 heterocycles. The maximum absolute atomic E-state index is 11.6. The number of rotatable bonds is 5. The van der Waals surface area contributed by atoms with Gasteiger partial charge in [0.2, 0.25) is 5.91 Å². The summed E-state index contributed by atoms with van der Waals surface area (Å²) in [7, 11) is 0. The van der Waals surface area contributed by atoms with Gasteiger partial charge in [-0.05, 0) is 31.6 Å². The summed E-state index contributed by atoms with van der Waals surface area (Å²) in [5.74, 6) is -1.64. The van der Waals surface area contributed by atoms with Crippen LogP contribution in [0.3, 0.4) is 0 Å². The van der Waals surface area contributed by atoms with Crippen molar-refractivity contribution >= 4 is 11.9 Å². The first-order chi connectivity index (χ1) is 8.16. The summed E-state index contributed by atoms with van der Waals surface area (Å²) in [5, 5.41) is 12.0. The molecule has 2 unspecified atom stereocenters. The van der Waals surface area contributed by atoms with E-state index in [1.807, 2.05) is 0 Å². The first kappa shape index (κ1) is 12.4. The van der Waals surface area contributed by atoms with Gasteiger partial charge < -0.3 is 15.2 Å². The van der Waals surface area contributed by atoms with Gasteiger partial charge in [0.25, 0.3) is 0 Å². The summed E-state index contributed by atoms with van der Waals surface area (Å²) >= 11 is 0. The van der Waals surface area contributed by atoms with E-state index in [2.05, 4.69) is 5.32 Å². The molecule has 0 bridgehead atoms. The minimum Gasteiger partial charge on any atom is -0.481 e. The van der Waals surface area contributed by atoms with Crippen molar-refractivity contribution in [3.05, 3.63) is 0 Å². The quantitative estimate of drug-likeness (QED) is 0.746. The van der Waals surface area contributed by atoms with E-state index in [-0.39, 0.29) is 18.2 Å². The zero-order valence-electron chi connectivity index (χ0n) is 9.85. The largest absolute Gasteiger partial charge is 0.481 e. The molecular weight excluding hydrogens is 222 g/mol. The molecule has 2 rings (SSSR count). The molecule has 0 radical (unpaired) electrons. The van der Waals surface area contributed by atoms with E-state index in [9.17, 15) is 14.7 Å². The van der Waals surface area contributed by atoms with Crippen LogP contribution in [0, 0.1) is 11.8 Å². The number of ether oxygens (including phenoxy) is 1. The Morgan fingerprint density at radius 3 is 2.65 bits per heavy atom. The Hall–Kier alpha value is -1.10. The number of nitrogens with one attached hydrogen (secondary N) is 1. The number of carbonyl (C=O) groups excluding carboxylic acids is 1.